The van der Waals surface area contributed by atoms with Crippen LogP contribution in [0.25, 0.3) is 10.9 Å². The van der Waals surface area contributed by atoms with Crippen LogP contribution in [0.4, 0.5) is 20.6 Å². The molecule has 0 radical (unpaired) electrons. The largest absolute Gasteiger partial charge is 0.494 e. The summed E-state index contributed by atoms with van der Waals surface area (Å²) in [5.74, 6) is -0.497. The highest BCUT2D eigenvalue weighted by Crippen LogP contribution is 2.32. The smallest absolute Gasteiger partial charge is 0.414 e. The minimum absolute atomic E-state index is 0.0965. The molecule has 1 amide bonds. The number of hydrogen-bond donors (Lipinski definition) is 2. The Bertz CT molecular complexity index is 1410. The van der Waals surface area contributed by atoms with Gasteiger partial charge in [0.1, 0.15) is 12.4 Å². The Morgan fingerprint density at radius 1 is 1.11 bits per heavy atom. The van der Waals surface area contributed by atoms with Crippen molar-refractivity contribution in [3.63, 3.8) is 0 Å². The van der Waals surface area contributed by atoms with E-state index in [1.165, 1.54) is 12.1 Å². The Morgan fingerprint density at radius 2 is 1.86 bits per heavy atom. The van der Waals surface area contributed by atoms with Gasteiger partial charge in [0.2, 0.25) is 0 Å². The van der Waals surface area contributed by atoms with E-state index >= 15 is 0 Å². The maximum Gasteiger partial charge on any atom is 0.414 e. The zero-order valence-corrected chi connectivity index (χ0v) is 19.5. The summed E-state index contributed by atoms with van der Waals surface area (Å²) in [5, 5.41) is 11.5. The number of rotatable bonds is 6. The van der Waals surface area contributed by atoms with E-state index in [0.717, 1.165) is 17.7 Å². The fourth-order valence-electron chi connectivity index (χ4n) is 4.26. The number of anilines is 1. The van der Waals surface area contributed by atoms with Crippen LogP contribution < -0.4 is 4.90 Å². The van der Waals surface area contributed by atoms with Crippen LogP contribution in [0.5, 0.6) is 5.88 Å². The second-order valence-corrected chi connectivity index (χ2v) is 8.72. The van der Waals surface area contributed by atoms with Gasteiger partial charge in [-0.3, -0.25) is 4.90 Å². The predicted octanol–water partition coefficient (Wildman–Crippen LogP) is 5.20. The monoisotopic (exact) mass is 472 g/mol. The third kappa shape index (κ3) is 4.61. The molecular formula is C27H25FN4O3. The van der Waals surface area contributed by atoms with Crippen LogP contribution in [0.3, 0.4) is 0 Å². The Morgan fingerprint density at radius 3 is 2.51 bits per heavy atom. The lowest BCUT2D eigenvalue weighted by Gasteiger charge is -2.14. The third-order valence-electron chi connectivity index (χ3n) is 5.87. The molecule has 8 heteroatoms. The lowest BCUT2D eigenvalue weighted by molar-refractivity contribution is 0.181. The maximum atomic E-state index is 13.8. The van der Waals surface area contributed by atoms with Gasteiger partial charge >= 0.3 is 6.09 Å². The molecule has 3 aromatic carbocycles. The summed E-state index contributed by atoms with van der Waals surface area (Å²) < 4.78 is 18.9. The summed E-state index contributed by atoms with van der Waals surface area (Å²) in [6, 6.07) is 19.6. The van der Waals surface area contributed by atoms with Crippen molar-refractivity contribution in [2.75, 3.05) is 32.1 Å². The molecule has 4 aromatic rings. The zero-order chi connectivity index (χ0) is 24.5. The standard InChI is InChI=1S/C27H25FN4O3/c1-31(2)16-17-3-8-20(9-4-17)29-25(24-22-12-7-19(28)15-23(22)30-26(24)33)18-5-10-21(11-6-18)32-13-14-35-27(32)34/h3-12,15,30,33H,13-14,16H2,1-2H3. The van der Waals surface area contributed by atoms with E-state index in [1.807, 2.05) is 62.6 Å². The van der Waals surface area contributed by atoms with E-state index in [1.54, 1.807) is 11.0 Å². The molecule has 0 unspecified atom stereocenters. The van der Waals surface area contributed by atoms with Crippen LogP contribution in [-0.2, 0) is 11.3 Å². The molecule has 2 heterocycles. The van der Waals surface area contributed by atoms with E-state index in [0.29, 0.717) is 46.7 Å². The van der Waals surface area contributed by atoms with Crippen molar-refractivity contribution in [2.45, 2.75) is 6.54 Å². The van der Waals surface area contributed by atoms with E-state index in [-0.39, 0.29) is 12.0 Å². The van der Waals surface area contributed by atoms with Gasteiger partial charge in [0.05, 0.1) is 29.0 Å². The molecular weight excluding hydrogens is 447 g/mol. The first-order chi connectivity index (χ1) is 16.9. The number of nitrogens with one attached hydrogen (secondary N) is 1. The fourth-order valence-corrected chi connectivity index (χ4v) is 4.26. The molecule has 0 spiro atoms. The molecule has 1 aliphatic rings. The molecule has 0 aliphatic carbocycles. The van der Waals surface area contributed by atoms with Gasteiger partial charge in [-0.05, 0) is 62.1 Å². The number of benzene rings is 3. The maximum absolute atomic E-state index is 13.8. The Hall–Kier alpha value is -4.17. The number of aliphatic imine (C=N–C) groups is 1. The van der Waals surface area contributed by atoms with Crippen molar-refractivity contribution in [1.29, 1.82) is 0 Å². The number of halogens is 1. The summed E-state index contributed by atoms with van der Waals surface area (Å²) in [6.07, 6.45) is -0.374. The molecule has 0 atom stereocenters. The van der Waals surface area contributed by atoms with Crippen LogP contribution in [0.2, 0.25) is 0 Å². The summed E-state index contributed by atoms with van der Waals surface area (Å²) in [5.41, 5.74) is 4.80. The molecule has 5 rings (SSSR count). The molecule has 1 fully saturated rings. The van der Waals surface area contributed by atoms with Crippen LogP contribution in [-0.4, -0.2) is 54.0 Å². The summed E-state index contributed by atoms with van der Waals surface area (Å²) in [4.78, 5) is 23.3. The van der Waals surface area contributed by atoms with Gasteiger partial charge in [-0.25, -0.2) is 14.2 Å². The first-order valence-corrected chi connectivity index (χ1v) is 11.3. The molecule has 35 heavy (non-hydrogen) atoms. The highest BCUT2D eigenvalue weighted by Gasteiger charge is 2.24. The minimum atomic E-state index is -0.401. The first kappa shape index (κ1) is 22.6. The van der Waals surface area contributed by atoms with Crippen molar-refractivity contribution in [1.82, 2.24) is 9.88 Å². The second kappa shape index (κ2) is 9.23. The number of H-pyrrole nitrogens is 1. The summed E-state index contributed by atoms with van der Waals surface area (Å²) in [6.45, 7) is 1.66. The minimum Gasteiger partial charge on any atom is -0.494 e. The zero-order valence-electron chi connectivity index (χ0n) is 19.5. The SMILES string of the molecule is CN(C)Cc1ccc(N=C(c2ccc(N3CCOC3=O)cc2)c2c(O)[nH]c3cc(F)ccc23)cc1. The van der Waals surface area contributed by atoms with Crippen molar-refractivity contribution in [3.8, 4) is 5.88 Å². The summed E-state index contributed by atoms with van der Waals surface area (Å²) in [7, 11) is 4.02. The molecule has 178 valence electrons. The topological polar surface area (TPSA) is 81.2 Å². The van der Waals surface area contributed by atoms with Gasteiger partial charge in [-0.15, -0.1) is 0 Å². The van der Waals surface area contributed by atoms with Gasteiger partial charge in [0.25, 0.3) is 0 Å². The molecule has 1 saturated heterocycles. The van der Waals surface area contributed by atoms with Crippen molar-refractivity contribution >= 4 is 34.1 Å². The van der Waals surface area contributed by atoms with Crippen LogP contribution >= 0.6 is 0 Å². The van der Waals surface area contributed by atoms with Gasteiger partial charge in [0, 0.05) is 23.2 Å². The molecule has 0 saturated carbocycles. The number of fused-ring (bicyclic) bond motifs is 1. The lowest BCUT2D eigenvalue weighted by atomic mass is 10.00. The average molecular weight is 473 g/mol. The predicted molar refractivity (Wildman–Crippen MR) is 134 cm³/mol. The number of amides is 1. The molecule has 1 aromatic heterocycles. The number of carbonyl (C=O) groups is 1. The first-order valence-electron chi connectivity index (χ1n) is 11.3. The van der Waals surface area contributed by atoms with E-state index < -0.39 is 5.82 Å². The van der Waals surface area contributed by atoms with Crippen LogP contribution in [0.1, 0.15) is 16.7 Å². The van der Waals surface area contributed by atoms with E-state index in [2.05, 4.69) is 9.88 Å². The van der Waals surface area contributed by atoms with Gasteiger partial charge in [0.15, 0.2) is 5.88 Å². The Kier molecular flexibility index (Phi) is 5.96. The number of ether oxygens (including phenoxy) is 1. The van der Waals surface area contributed by atoms with E-state index in [9.17, 15) is 14.3 Å². The highest BCUT2D eigenvalue weighted by atomic mass is 19.1. The number of aromatic amines is 1. The second-order valence-electron chi connectivity index (χ2n) is 8.72. The summed E-state index contributed by atoms with van der Waals surface area (Å²) >= 11 is 0. The fraction of sp³-hybridized carbons (Fsp3) is 0.185. The van der Waals surface area contributed by atoms with Crippen molar-refractivity contribution < 1.29 is 19.0 Å². The molecule has 2 N–H and O–H groups in total. The third-order valence-corrected chi connectivity index (χ3v) is 5.87. The average Bonchev–Trinajstić information content (AvgIpc) is 3.40. The Balaban J connectivity index is 1.61. The number of carbonyl (C=O) groups excluding carboxylic acids is 1. The number of cyclic esters (lactones) is 1. The Labute approximate surface area is 202 Å². The van der Waals surface area contributed by atoms with E-state index in [4.69, 9.17) is 9.73 Å². The number of aromatic nitrogens is 1. The number of aromatic hydroxyl groups is 1. The van der Waals surface area contributed by atoms with Gasteiger partial charge in [-0.1, -0.05) is 24.3 Å². The van der Waals surface area contributed by atoms with Gasteiger partial charge < -0.3 is 19.7 Å². The van der Waals surface area contributed by atoms with Crippen LogP contribution in [0, 0.1) is 5.82 Å². The van der Waals surface area contributed by atoms with Crippen molar-refractivity contribution in [3.05, 3.63) is 89.2 Å². The number of nitrogens with zero attached hydrogens (tertiary/aromatic N) is 3. The van der Waals surface area contributed by atoms with Gasteiger partial charge in [-0.2, -0.15) is 0 Å². The molecule has 1 aliphatic heterocycles. The lowest BCUT2D eigenvalue weighted by Crippen LogP contribution is -2.23. The molecule has 0 bridgehead atoms. The molecule has 7 nitrogen and oxygen atoms in total. The van der Waals surface area contributed by atoms with Crippen LogP contribution in [0.15, 0.2) is 71.7 Å². The quantitative estimate of drug-likeness (QED) is 0.378. The highest BCUT2D eigenvalue weighted by molar-refractivity contribution is 6.22. The van der Waals surface area contributed by atoms with Crippen molar-refractivity contribution in [2.24, 2.45) is 4.99 Å². The normalized spacial score (nSPS) is 14.2. The number of hydrogen-bond acceptors (Lipinski definition) is 5.